The summed E-state index contributed by atoms with van der Waals surface area (Å²) < 4.78 is 18.8. The Hall–Kier alpha value is -3.15. The quantitative estimate of drug-likeness (QED) is 0.644. The van der Waals surface area contributed by atoms with E-state index in [-0.39, 0.29) is 5.82 Å². The van der Waals surface area contributed by atoms with Crippen LogP contribution in [-0.4, -0.2) is 23.6 Å². The zero-order valence-corrected chi connectivity index (χ0v) is 14.6. The van der Waals surface area contributed by atoms with Crippen molar-refractivity contribution >= 4 is 11.6 Å². The van der Waals surface area contributed by atoms with Gasteiger partial charge in [0, 0.05) is 19.2 Å². The second-order valence-electron chi connectivity index (χ2n) is 5.76. The van der Waals surface area contributed by atoms with Crippen molar-refractivity contribution in [2.45, 2.75) is 13.0 Å². The van der Waals surface area contributed by atoms with Crippen LogP contribution in [0.3, 0.4) is 0 Å². The summed E-state index contributed by atoms with van der Waals surface area (Å²) >= 11 is 0. The van der Waals surface area contributed by atoms with Crippen LogP contribution in [0.2, 0.25) is 0 Å². The molecule has 0 saturated heterocycles. The van der Waals surface area contributed by atoms with Gasteiger partial charge in [-0.05, 0) is 35.7 Å². The van der Waals surface area contributed by atoms with E-state index in [4.69, 9.17) is 4.74 Å². The third-order valence-electron chi connectivity index (χ3n) is 3.96. The fourth-order valence-electron chi connectivity index (χ4n) is 2.51. The third-order valence-corrected chi connectivity index (χ3v) is 3.96. The van der Waals surface area contributed by atoms with E-state index in [9.17, 15) is 4.39 Å². The van der Waals surface area contributed by atoms with E-state index in [0.29, 0.717) is 30.9 Å². The SMILES string of the molecule is COc1ccc(CNc2cc(NCCc3ccccc3F)ncn2)cc1. The van der Waals surface area contributed by atoms with E-state index in [1.54, 1.807) is 19.2 Å². The highest BCUT2D eigenvalue weighted by atomic mass is 19.1. The lowest BCUT2D eigenvalue weighted by atomic mass is 10.1. The second-order valence-corrected chi connectivity index (χ2v) is 5.76. The van der Waals surface area contributed by atoms with Crippen LogP contribution < -0.4 is 15.4 Å². The molecule has 0 unspecified atom stereocenters. The van der Waals surface area contributed by atoms with Gasteiger partial charge < -0.3 is 15.4 Å². The Bertz CT molecular complexity index is 839. The highest BCUT2D eigenvalue weighted by Crippen LogP contribution is 2.14. The van der Waals surface area contributed by atoms with Gasteiger partial charge in [-0.25, -0.2) is 14.4 Å². The first-order valence-corrected chi connectivity index (χ1v) is 8.41. The summed E-state index contributed by atoms with van der Waals surface area (Å²) in [4.78, 5) is 8.42. The predicted molar refractivity (Wildman–Crippen MR) is 101 cm³/mol. The topological polar surface area (TPSA) is 59.1 Å². The maximum absolute atomic E-state index is 13.6. The van der Waals surface area contributed by atoms with E-state index in [0.717, 1.165) is 17.1 Å². The summed E-state index contributed by atoms with van der Waals surface area (Å²) in [5, 5.41) is 6.46. The minimum absolute atomic E-state index is 0.182. The predicted octanol–water partition coefficient (Wildman–Crippen LogP) is 3.89. The molecule has 134 valence electrons. The van der Waals surface area contributed by atoms with Crippen molar-refractivity contribution in [3.8, 4) is 5.75 Å². The van der Waals surface area contributed by atoms with Gasteiger partial charge in [0.05, 0.1) is 7.11 Å². The minimum atomic E-state index is -0.182. The maximum atomic E-state index is 13.6. The number of aromatic nitrogens is 2. The highest BCUT2D eigenvalue weighted by Gasteiger charge is 2.02. The Balaban J connectivity index is 1.51. The van der Waals surface area contributed by atoms with Crippen LogP contribution in [0.1, 0.15) is 11.1 Å². The standard InChI is InChI=1S/C20H21FN4O/c1-26-17-8-6-15(7-9-17)13-23-20-12-19(24-14-25-20)22-11-10-16-4-2-3-5-18(16)21/h2-9,12,14H,10-11,13H2,1H3,(H2,22,23,24,25). The first kappa shape index (κ1) is 17.7. The van der Waals surface area contributed by atoms with E-state index < -0.39 is 0 Å². The molecule has 0 bridgehead atoms. The van der Waals surface area contributed by atoms with Gasteiger partial charge in [0.1, 0.15) is 29.5 Å². The zero-order chi connectivity index (χ0) is 18.2. The van der Waals surface area contributed by atoms with E-state index in [2.05, 4.69) is 20.6 Å². The molecule has 0 radical (unpaired) electrons. The first-order chi connectivity index (χ1) is 12.7. The number of methoxy groups -OCH3 is 1. The van der Waals surface area contributed by atoms with E-state index >= 15 is 0 Å². The molecule has 3 rings (SSSR count). The molecule has 0 atom stereocenters. The molecule has 5 nitrogen and oxygen atoms in total. The van der Waals surface area contributed by atoms with Crippen molar-refractivity contribution in [3.05, 3.63) is 77.9 Å². The second kappa shape index (κ2) is 8.80. The van der Waals surface area contributed by atoms with Gasteiger partial charge in [-0.2, -0.15) is 0 Å². The van der Waals surface area contributed by atoms with Crippen LogP contribution in [0.5, 0.6) is 5.75 Å². The Labute approximate surface area is 152 Å². The number of nitrogens with zero attached hydrogens (tertiary/aromatic N) is 2. The summed E-state index contributed by atoms with van der Waals surface area (Å²) in [6, 6.07) is 16.5. The molecule has 1 heterocycles. The molecule has 0 amide bonds. The summed E-state index contributed by atoms with van der Waals surface area (Å²) in [7, 11) is 1.65. The van der Waals surface area contributed by atoms with Crippen molar-refractivity contribution < 1.29 is 9.13 Å². The Kier molecular flexibility index (Phi) is 5.98. The highest BCUT2D eigenvalue weighted by molar-refractivity contribution is 5.47. The lowest BCUT2D eigenvalue weighted by Gasteiger charge is -2.09. The monoisotopic (exact) mass is 352 g/mol. The van der Waals surface area contributed by atoms with E-state index in [1.807, 2.05) is 36.4 Å². The number of anilines is 2. The van der Waals surface area contributed by atoms with Crippen LogP contribution in [0.25, 0.3) is 0 Å². The normalized spacial score (nSPS) is 10.4. The fraction of sp³-hybridized carbons (Fsp3) is 0.200. The number of halogens is 1. The Morgan fingerprint density at radius 1 is 0.962 bits per heavy atom. The lowest BCUT2D eigenvalue weighted by Crippen LogP contribution is -2.08. The molecule has 0 spiro atoms. The van der Waals surface area contributed by atoms with E-state index in [1.165, 1.54) is 12.4 Å². The molecule has 2 aromatic carbocycles. The molecular weight excluding hydrogens is 331 g/mol. The third kappa shape index (κ3) is 4.92. The van der Waals surface area contributed by atoms with Crippen molar-refractivity contribution in [1.82, 2.24) is 9.97 Å². The van der Waals surface area contributed by atoms with Crippen molar-refractivity contribution in [2.24, 2.45) is 0 Å². The van der Waals surface area contributed by atoms with Crippen LogP contribution in [0.15, 0.2) is 60.9 Å². The van der Waals surface area contributed by atoms with Crippen molar-refractivity contribution in [2.75, 3.05) is 24.3 Å². The molecule has 6 heteroatoms. The lowest BCUT2D eigenvalue weighted by molar-refractivity contribution is 0.414. The van der Waals surface area contributed by atoms with Gasteiger partial charge >= 0.3 is 0 Å². The summed E-state index contributed by atoms with van der Waals surface area (Å²) in [5.41, 5.74) is 1.81. The average molecular weight is 352 g/mol. The molecule has 0 aliphatic rings. The Morgan fingerprint density at radius 2 is 1.69 bits per heavy atom. The summed E-state index contributed by atoms with van der Waals surface area (Å²) in [6.45, 7) is 1.24. The van der Waals surface area contributed by atoms with Crippen LogP contribution in [0, 0.1) is 5.82 Å². The van der Waals surface area contributed by atoms with Crippen LogP contribution >= 0.6 is 0 Å². The fourth-order valence-corrected chi connectivity index (χ4v) is 2.51. The molecule has 26 heavy (non-hydrogen) atoms. The molecule has 1 aromatic heterocycles. The van der Waals surface area contributed by atoms with Gasteiger partial charge in [0.2, 0.25) is 0 Å². The molecule has 0 aliphatic carbocycles. The minimum Gasteiger partial charge on any atom is -0.497 e. The van der Waals surface area contributed by atoms with Gasteiger partial charge in [0.15, 0.2) is 0 Å². The van der Waals surface area contributed by atoms with Crippen LogP contribution in [0.4, 0.5) is 16.0 Å². The van der Waals surface area contributed by atoms with Gasteiger partial charge in [-0.15, -0.1) is 0 Å². The number of ether oxygens (including phenoxy) is 1. The maximum Gasteiger partial charge on any atom is 0.131 e. The molecule has 0 aliphatic heterocycles. The largest absolute Gasteiger partial charge is 0.497 e. The molecule has 0 fully saturated rings. The van der Waals surface area contributed by atoms with Gasteiger partial charge in [-0.3, -0.25) is 0 Å². The summed E-state index contributed by atoms with van der Waals surface area (Å²) in [5.74, 6) is 2.08. The van der Waals surface area contributed by atoms with Crippen LogP contribution in [-0.2, 0) is 13.0 Å². The molecule has 0 saturated carbocycles. The van der Waals surface area contributed by atoms with Crippen molar-refractivity contribution in [1.29, 1.82) is 0 Å². The zero-order valence-electron chi connectivity index (χ0n) is 14.6. The Morgan fingerprint density at radius 3 is 2.42 bits per heavy atom. The number of hydrogen-bond acceptors (Lipinski definition) is 5. The number of hydrogen-bond donors (Lipinski definition) is 2. The summed E-state index contributed by atoms with van der Waals surface area (Å²) in [6.07, 6.45) is 2.09. The first-order valence-electron chi connectivity index (χ1n) is 8.41. The number of nitrogens with one attached hydrogen (secondary N) is 2. The van der Waals surface area contributed by atoms with Gasteiger partial charge in [0.25, 0.3) is 0 Å². The molecular formula is C20H21FN4O. The number of rotatable bonds is 8. The van der Waals surface area contributed by atoms with Gasteiger partial charge in [-0.1, -0.05) is 30.3 Å². The molecule has 3 aromatic rings. The number of benzene rings is 2. The van der Waals surface area contributed by atoms with Crippen molar-refractivity contribution in [3.63, 3.8) is 0 Å². The average Bonchev–Trinajstić information content (AvgIpc) is 2.69. The smallest absolute Gasteiger partial charge is 0.131 e. The molecule has 2 N–H and O–H groups in total.